The number of carbonyl (C=O) groups excluding carboxylic acids is 2. The lowest BCUT2D eigenvalue weighted by atomic mass is 10.2. The van der Waals surface area contributed by atoms with Crippen molar-refractivity contribution in [2.24, 2.45) is 0 Å². The second-order valence-corrected chi connectivity index (χ2v) is 5.20. The van der Waals surface area contributed by atoms with Gasteiger partial charge >= 0.3 is 11.8 Å². The van der Waals surface area contributed by atoms with Crippen LogP contribution in [0.15, 0.2) is 42.5 Å². The summed E-state index contributed by atoms with van der Waals surface area (Å²) in [7, 11) is 0. The van der Waals surface area contributed by atoms with Crippen molar-refractivity contribution in [3.05, 3.63) is 54.1 Å². The molecule has 0 bridgehead atoms. The van der Waals surface area contributed by atoms with E-state index in [4.69, 9.17) is 4.74 Å². The highest BCUT2D eigenvalue weighted by molar-refractivity contribution is 6.43. The van der Waals surface area contributed by atoms with Crippen molar-refractivity contribution in [3.8, 4) is 5.75 Å². The number of hydrogen-bond donors (Lipinski definition) is 2. The van der Waals surface area contributed by atoms with Gasteiger partial charge in [-0.3, -0.25) is 9.59 Å². The average Bonchev–Trinajstić information content (AvgIpc) is 2.52. The molecule has 0 aliphatic rings. The molecule has 0 saturated heterocycles. The number of amides is 2. The van der Waals surface area contributed by atoms with Crippen LogP contribution in [0.4, 0.5) is 20.2 Å². The molecule has 2 amide bonds. The lowest BCUT2D eigenvalue weighted by molar-refractivity contribution is -0.133. The summed E-state index contributed by atoms with van der Waals surface area (Å²) in [5, 5.41) is 4.24. The molecular weight excluding hydrogens is 318 g/mol. The molecule has 0 saturated carbocycles. The molecular formula is C17H16F2N2O3. The van der Waals surface area contributed by atoms with Crippen LogP contribution in [0.2, 0.25) is 0 Å². The van der Waals surface area contributed by atoms with Gasteiger partial charge in [-0.1, -0.05) is 6.07 Å². The highest BCUT2D eigenvalue weighted by atomic mass is 19.1. The number of rotatable bonds is 4. The van der Waals surface area contributed by atoms with Crippen LogP contribution in [-0.2, 0) is 9.59 Å². The molecule has 5 nitrogen and oxygen atoms in total. The molecule has 2 N–H and O–H groups in total. The maximum atomic E-state index is 13.4. The number of nitrogens with one attached hydrogen (secondary N) is 2. The Kier molecular flexibility index (Phi) is 5.47. The first-order valence-corrected chi connectivity index (χ1v) is 7.20. The molecule has 0 radical (unpaired) electrons. The Morgan fingerprint density at radius 3 is 2.00 bits per heavy atom. The monoisotopic (exact) mass is 334 g/mol. The Morgan fingerprint density at radius 2 is 1.46 bits per heavy atom. The van der Waals surface area contributed by atoms with E-state index < -0.39 is 29.1 Å². The third-order valence-electron chi connectivity index (χ3n) is 2.89. The number of hydrogen-bond acceptors (Lipinski definition) is 3. The fraction of sp³-hybridized carbons (Fsp3) is 0.176. The van der Waals surface area contributed by atoms with Gasteiger partial charge < -0.3 is 15.4 Å². The Morgan fingerprint density at radius 1 is 0.917 bits per heavy atom. The standard InChI is InChI=1S/C17H16F2N2O3/c1-10(2)24-12-8-6-11(7-9-12)20-16(22)17(23)21-15-13(18)4-3-5-14(15)19/h3-10H,1-2H3,(H,20,22)(H,21,23). The molecule has 0 unspecified atom stereocenters. The molecule has 0 fully saturated rings. The Balaban J connectivity index is 2.00. The van der Waals surface area contributed by atoms with Gasteiger partial charge in [-0.25, -0.2) is 8.78 Å². The van der Waals surface area contributed by atoms with E-state index in [1.54, 1.807) is 24.3 Å². The third-order valence-corrected chi connectivity index (χ3v) is 2.89. The van der Waals surface area contributed by atoms with Gasteiger partial charge in [0.2, 0.25) is 0 Å². The van der Waals surface area contributed by atoms with Gasteiger partial charge in [-0.05, 0) is 50.2 Å². The summed E-state index contributed by atoms with van der Waals surface area (Å²) in [6.07, 6.45) is 0.00637. The number of ether oxygens (including phenoxy) is 1. The number of para-hydroxylation sites is 1. The number of anilines is 2. The zero-order valence-electron chi connectivity index (χ0n) is 13.1. The van der Waals surface area contributed by atoms with Crippen molar-refractivity contribution < 1.29 is 23.1 Å². The van der Waals surface area contributed by atoms with Gasteiger partial charge in [0.25, 0.3) is 0 Å². The van der Waals surface area contributed by atoms with E-state index in [-0.39, 0.29) is 6.10 Å². The zero-order valence-corrected chi connectivity index (χ0v) is 13.1. The largest absolute Gasteiger partial charge is 0.491 e. The average molecular weight is 334 g/mol. The molecule has 0 aromatic heterocycles. The highest BCUT2D eigenvalue weighted by Crippen LogP contribution is 2.19. The van der Waals surface area contributed by atoms with Gasteiger partial charge in [0.15, 0.2) is 0 Å². The van der Waals surface area contributed by atoms with Gasteiger partial charge in [-0.2, -0.15) is 0 Å². The molecule has 0 heterocycles. The fourth-order valence-corrected chi connectivity index (χ4v) is 1.86. The lowest BCUT2D eigenvalue weighted by Crippen LogP contribution is -2.29. The predicted molar refractivity (Wildman–Crippen MR) is 85.8 cm³/mol. The van der Waals surface area contributed by atoms with Crippen LogP contribution in [-0.4, -0.2) is 17.9 Å². The Labute approximate surface area is 137 Å². The van der Waals surface area contributed by atoms with Gasteiger partial charge in [-0.15, -0.1) is 0 Å². The first-order chi connectivity index (χ1) is 11.4. The number of carbonyl (C=O) groups is 2. The molecule has 2 aromatic rings. The summed E-state index contributed by atoms with van der Waals surface area (Å²) in [4.78, 5) is 23.6. The summed E-state index contributed by atoms with van der Waals surface area (Å²) in [6, 6.07) is 9.46. The number of benzene rings is 2. The Hall–Kier alpha value is -2.96. The molecule has 0 atom stereocenters. The van der Waals surface area contributed by atoms with Gasteiger partial charge in [0, 0.05) is 5.69 Å². The second kappa shape index (κ2) is 7.54. The molecule has 0 spiro atoms. The van der Waals surface area contributed by atoms with Crippen LogP contribution < -0.4 is 15.4 Å². The van der Waals surface area contributed by atoms with E-state index in [2.05, 4.69) is 5.32 Å². The normalized spacial score (nSPS) is 10.4. The second-order valence-electron chi connectivity index (χ2n) is 5.20. The first-order valence-electron chi connectivity index (χ1n) is 7.20. The maximum Gasteiger partial charge on any atom is 0.314 e. The molecule has 2 rings (SSSR count). The molecule has 0 aliphatic heterocycles. The smallest absolute Gasteiger partial charge is 0.314 e. The van der Waals surface area contributed by atoms with Crippen molar-refractivity contribution in [2.45, 2.75) is 20.0 Å². The minimum atomic E-state index is -1.18. The summed E-state index contributed by atoms with van der Waals surface area (Å²) in [5.74, 6) is -3.55. The van der Waals surface area contributed by atoms with Crippen molar-refractivity contribution in [3.63, 3.8) is 0 Å². The van der Waals surface area contributed by atoms with Gasteiger partial charge in [0.1, 0.15) is 23.1 Å². The third kappa shape index (κ3) is 4.52. The Bertz CT molecular complexity index is 726. The molecule has 2 aromatic carbocycles. The molecule has 0 aliphatic carbocycles. The van der Waals surface area contributed by atoms with Crippen LogP contribution in [0.3, 0.4) is 0 Å². The zero-order chi connectivity index (χ0) is 17.7. The number of halogens is 2. The van der Waals surface area contributed by atoms with Gasteiger partial charge in [0.05, 0.1) is 6.10 Å². The van der Waals surface area contributed by atoms with Crippen molar-refractivity contribution in [1.82, 2.24) is 0 Å². The van der Waals surface area contributed by atoms with E-state index in [0.717, 1.165) is 18.2 Å². The van der Waals surface area contributed by atoms with Crippen LogP contribution in [0.5, 0.6) is 5.75 Å². The van der Waals surface area contributed by atoms with E-state index in [9.17, 15) is 18.4 Å². The van der Waals surface area contributed by atoms with Crippen molar-refractivity contribution in [2.75, 3.05) is 10.6 Å². The molecule has 126 valence electrons. The van der Waals surface area contributed by atoms with Crippen molar-refractivity contribution in [1.29, 1.82) is 0 Å². The van der Waals surface area contributed by atoms with Crippen LogP contribution in [0.25, 0.3) is 0 Å². The topological polar surface area (TPSA) is 67.4 Å². The van der Waals surface area contributed by atoms with Crippen molar-refractivity contribution >= 4 is 23.2 Å². The molecule has 24 heavy (non-hydrogen) atoms. The van der Waals surface area contributed by atoms with Crippen LogP contribution in [0.1, 0.15) is 13.8 Å². The summed E-state index contributed by atoms with van der Waals surface area (Å²) in [5.41, 5.74) is -0.321. The maximum absolute atomic E-state index is 13.4. The van der Waals surface area contributed by atoms with Crippen LogP contribution >= 0.6 is 0 Å². The quantitative estimate of drug-likeness (QED) is 0.843. The van der Waals surface area contributed by atoms with E-state index in [0.29, 0.717) is 11.4 Å². The summed E-state index contributed by atoms with van der Waals surface area (Å²) < 4.78 is 32.4. The fourth-order valence-electron chi connectivity index (χ4n) is 1.86. The highest BCUT2D eigenvalue weighted by Gasteiger charge is 2.18. The summed E-state index contributed by atoms with van der Waals surface area (Å²) >= 11 is 0. The first kappa shape index (κ1) is 17.4. The summed E-state index contributed by atoms with van der Waals surface area (Å²) in [6.45, 7) is 3.75. The van der Waals surface area contributed by atoms with Crippen LogP contribution in [0, 0.1) is 11.6 Å². The predicted octanol–water partition coefficient (Wildman–Crippen LogP) is 3.33. The molecule has 7 heteroatoms. The van der Waals surface area contributed by atoms with E-state index in [1.807, 2.05) is 19.2 Å². The SMILES string of the molecule is CC(C)Oc1ccc(NC(=O)C(=O)Nc2c(F)cccc2F)cc1. The lowest BCUT2D eigenvalue weighted by Gasteiger charge is -2.11. The minimum absolute atomic E-state index is 0.00637. The van der Waals surface area contributed by atoms with E-state index in [1.165, 1.54) is 0 Å². The van der Waals surface area contributed by atoms with E-state index >= 15 is 0 Å². The minimum Gasteiger partial charge on any atom is -0.491 e.